The number of nitrogens with one attached hydrogen (secondary N) is 1. The van der Waals surface area contributed by atoms with E-state index >= 15 is 0 Å². The summed E-state index contributed by atoms with van der Waals surface area (Å²) in [7, 11) is 0. The van der Waals surface area contributed by atoms with Crippen LogP contribution in [0.4, 0.5) is 22.9 Å². The van der Waals surface area contributed by atoms with Crippen LogP contribution >= 0.6 is 0 Å². The van der Waals surface area contributed by atoms with Gasteiger partial charge in [0.2, 0.25) is 0 Å². The van der Waals surface area contributed by atoms with Crippen LogP contribution in [0.5, 0.6) is 0 Å². The van der Waals surface area contributed by atoms with E-state index in [2.05, 4.69) is 96.6 Å². The number of para-hydroxylation sites is 2. The molecule has 39 heavy (non-hydrogen) atoms. The molecule has 0 unspecified atom stereocenters. The van der Waals surface area contributed by atoms with Gasteiger partial charge in [-0.3, -0.25) is 4.98 Å². The zero-order valence-electron chi connectivity index (χ0n) is 22.0. The van der Waals surface area contributed by atoms with E-state index in [-0.39, 0.29) is 6.04 Å². The van der Waals surface area contributed by atoms with Crippen molar-refractivity contribution in [1.29, 1.82) is 0 Å². The van der Waals surface area contributed by atoms with Crippen molar-refractivity contribution in [2.45, 2.75) is 26.8 Å². The van der Waals surface area contributed by atoms with Crippen LogP contribution in [0.15, 0.2) is 107 Å². The number of aromatic nitrogens is 3. The van der Waals surface area contributed by atoms with Crippen molar-refractivity contribution < 1.29 is 0 Å². The Morgan fingerprint density at radius 3 is 2.36 bits per heavy atom. The molecule has 2 aromatic heterocycles. The Kier molecular flexibility index (Phi) is 5.37. The van der Waals surface area contributed by atoms with E-state index in [1.807, 2.05) is 41.3 Å². The van der Waals surface area contributed by atoms with Crippen LogP contribution in [0.1, 0.15) is 34.0 Å². The molecule has 4 heterocycles. The molecule has 7 nitrogen and oxygen atoms in total. The van der Waals surface area contributed by atoms with Crippen LogP contribution in [0.2, 0.25) is 0 Å². The molecule has 0 saturated carbocycles. The van der Waals surface area contributed by atoms with E-state index in [0.29, 0.717) is 5.84 Å². The van der Waals surface area contributed by atoms with Gasteiger partial charge in [-0.05, 0) is 80.4 Å². The normalized spacial score (nSPS) is 15.6. The lowest BCUT2D eigenvalue weighted by molar-refractivity contribution is 0.813. The lowest BCUT2D eigenvalue weighted by Crippen LogP contribution is -2.46. The monoisotopic (exact) mass is 509 g/mol. The topological polar surface area (TPSA) is 70.7 Å². The van der Waals surface area contributed by atoms with Crippen LogP contribution in [0, 0.1) is 20.8 Å². The number of benzene rings is 3. The molecule has 3 aromatic carbocycles. The summed E-state index contributed by atoms with van der Waals surface area (Å²) in [5, 5.41) is 8.58. The number of aryl methyl sites for hydroxylation is 3. The van der Waals surface area contributed by atoms with Crippen molar-refractivity contribution in [2.75, 3.05) is 10.2 Å². The zero-order valence-corrected chi connectivity index (χ0v) is 22.0. The van der Waals surface area contributed by atoms with Crippen LogP contribution < -0.4 is 10.2 Å². The van der Waals surface area contributed by atoms with Crippen LogP contribution in [0.3, 0.4) is 0 Å². The highest BCUT2D eigenvalue weighted by Gasteiger charge is 2.41. The molecule has 2 aliphatic heterocycles. The first-order chi connectivity index (χ1) is 19.1. The first kappa shape index (κ1) is 23.1. The maximum Gasteiger partial charge on any atom is 0.179 e. The molecule has 5 aromatic rings. The smallest absolute Gasteiger partial charge is 0.179 e. The molecule has 0 fully saturated rings. The standard InChI is InChI=1S/C32H27N7/c1-20-11-13-25(14-12-20)39-31-28(22(3)37-39)29(23-15-17-33-18-16-23)38-27-10-5-4-9-26(27)35-30(32(38)36-31)34-24-8-6-7-21(2)19-24/h4-19,29H,1-3H3,(H,34,35)/t29-/m0/s1. The second kappa shape index (κ2) is 9.06. The largest absolute Gasteiger partial charge is 0.337 e. The third-order valence-electron chi connectivity index (χ3n) is 7.22. The summed E-state index contributed by atoms with van der Waals surface area (Å²) in [5.41, 5.74) is 9.30. The number of amidine groups is 2. The minimum absolute atomic E-state index is 0.166. The molecule has 1 atom stereocenters. The highest BCUT2D eigenvalue weighted by molar-refractivity contribution is 6.51. The summed E-state index contributed by atoms with van der Waals surface area (Å²) in [6.45, 7) is 6.24. The maximum absolute atomic E-state index is 5.30. The van der Waals surface area contributed by atoms with Gasteiger partial charge in [-0.1, -0.05) is 42.0 Å². The third kappa shape index (κ3) is 3.90. The minimum Gasteiger partial charge on any atom is -0.337 e. The second-order valence-electron chi connectivity index (χ2n) is 10.0. The van der Waals surface area contributed by atoms with Crippen LogP contribution in [-0.4, -0.2) is 26.4 Å². The summed E-state index contributed by atoms with van der Waals surface area (Å²) in [6.07, 6.45) is 3.69. The molecule has 0 radical (unpaired) electrons. The van der Waals surface area contributed by atoms with Gasteiger partial charge in [0, 0.05) is 23.6 Å². The van der Waals surface area contributed by atoms with E-state index in [4.69, 9.17) is 15.1 Å². The van der Waals surface area contributed by atoms with Gasteiger partial charge < -0.3 is 10.2 Å². The van der Waals surface area contributed by atoms with Gasteiger partial charge in [0.15, 0.2) is 17.5 Å². The van der Waals surface area contributed by atoms with Crippen molar-refractivity contribution in [2.24, 2.45) is 9.98 Å². The fraction of sp³-hybridized carbons (Fsp3) is 0.125. The molecule has 0 spiro atoms. The summed E-state index contributed by atoms with van der Waals surface area (Å²) < 4.78 is 1.95. The Morgan fingerprint density at radius 2 is 1.56 bits per heavy atom. The molecular weight excluding hydrogens is 482 g/mol. The van der Waals surface area contributed by atoms with Gasteiger partial charge in [0.05, 0.1) is 28.8 Å². The number of pyridine rings is 1. The van der Waals surface area contributed by atoms with Gasteiger partial charge in [-0.15, -0.1) is 0 Å². The van der Waals surface area contributed by atoms with Crippen LogP contribution in [0.25, 0.3) is 5.69 Å². The van der Waals surface area contributed by atoms with Gasteiger partial charge in [-0.25, -0.2) is 14.7 Å². The number of aliphatic imine (C=N–C) groups is 2. The molecule has 7 heteroatoms. The summed E-state index contributed by atoms with van der Waals surface area (Å²) >= 11 is 0. The summed E-state index contributed by atoms with van der Waals surface area (Å²) in [4.78, 5) is 16.9. The van der Waals surface area contributed by atoms with Gasteiger partial charge in [0.1, 0.15) is 0 Å². The van der Waals surface area contributed by atoms with Gasteiger partial charge in [0.25, 0.3) is 0 Å². The SMILES string of the molecule is Cc1ccc(-n2nc(C)c3c2N=C2C(Nc4cccc(C)c4)=Nc4ccccc4N2[C@H]3c2ccncc2)cc1. The highest BCUT2D eigenvalue weighted by atomic mass is 15.4. The van der Waals surface area contributed by atoms with Gasteiger partial charge in [-0.2, -0.15) is 5.10 Å². The number of fused-ring (bicyclic) bond motifs is 4. The first-order valence-corrected chi connectivity index (χ1v) is 13.0. The Bertz CT molecular complexity index is 1760. The van der Waals surface area contributed by atoms with E-state index in [0.717, 1.165) is 51.2 Å². The summed E-state index contributed by atoms with van der Waals surface area (Å²) in [6, 6.07) is 28.9. The molecule has 0 aliphatic carbocycles. The third-order valence-corrected chi connectivity index (χ3v) is 7.22. The van der Waals surface area contributed by atoms with Crippen molar-refractivity contribution in [1.82, 2.24) is 14.8 Å². The van der Waals surface area contributed by atoms with Crippen molar-refractivity contribution in [3.63, 3.8) is 0 Å². The zero-order chi connectivity index (χ0) is 26.5. The second-order valence-corrected chi connectivity index (χ2v) is 10.0. The van der Waals surface area contributed by atoms with E-state index in [1.54, 1.807) is 0 Å². The number of rotatable bonds is 3. The quantitative estimate of drug-likeness (QED) is 0.285. The van der Waals surface area contributed by atoms with Crippen molar-refractivity contribution in [3.05, 3.63) is 125 Å². The van der Waals surface area contributed by atoms with Crippen LogP contribution in [-0.2, 0) is 0 Å². The molecule has 1 N–H and O–H groups in total. The maximum atomic E-state index is 5.30. The number of hydrogen-bond acceptors (Lipinski definition) is 6. The predicted octanol–water partition coefficient (Wildman–Crippen LogP) is 6.99. The lowest BCUT2D eigenvalue weighted by atomic mass is 9.94. The number of nitrogens with zero attached hydrogens (tertiary/aromatic N) is 6. The molecule has 0 bridgehead atoms. The first-order valence-electron chi connectivity index (χ1n) is 13.0. The summed E-state index contributed by atoms with van der Waals surface area (Å²) in [5.74, 6) is 2.25. The molecule has 0 saturated heterocycles. The Balaban J connectivity index is 1.49. The van der Waals surface area contributed by atoms with E-state index < -0.39 is 0 Å². The van der Waals surface area contributed by atoms with Gasteiger partial charge >= 0.3 is 0 Å². The molecule has 190 valence electrons. The average Bonchev–Trinajstić information content (AvgIpc) is 3.29. The number of anilines is 2. The average molecular weight is 510 g/mol. The predicted molar refractivity (Wildman–Crippen MR) is 157 cm³/mol. The fourth-order valence-electron chi connectivity index (χ4n) is 5.38. The van der Waals surface area contributed by atoms with E-state index in [9.17, 15) is 0 Å². The number of hydrogen-bond donors (Lipinski definition) is 1. The lowest BCUT2D eigenvalue weighted by Gasteiger charge is -2.40. The highest BCUT2D eigenvalue weighted by Crippen LogP contribution is 2.48. The Hall–Kier alpha value is -5.04. The van der Waals surface area contributed by atoms with E-state index in [1.165, 1.54) is 11.1 Å². The molecule has 0 amide bonds. The molecular formula is C32H27N7. The molecule has 7 rings (SSSR count). The molecule has 2 aliphatic rings. The minimum atomic E-state index is -0.166. The fourth-order valence-corrected chi connectivity index (χ4v) is 5.38. The Morgan fingerprint density at radius 1 is 0.769 bits per heavy atom. The van der Waals surface area contributed by atoms with Crippen molar-refractivity contribution in [3.8, 4) is 5.69 Å². The van der Waals surface area contributed by atoms with Crippen molar-refractivity contribution >= 4 is 34.6 Å². The Labute approximate surface area is 227 Å².